The molecule has 0 heterocycles. The van der Waals surface area contributed by atoms with Crippen molar-refractivity contribution in [1.29, 1.82) is 0 Å². The maximum Gasteiger partial charge on any atom is 0.312 e. The Kier molecular flexibility index (Phi) is 12.7. The van der Waals surface area contributed by atoms with E-state index < -0.39 is 13.7 Å². The van der Waals surface area contributed by atoms with Crippen LogP contribution in [0.1, 0.15) is 127 Å². The number of ether oxygens (including phenoxy) is 4. The first kappa shape index (κ1) is 42.4. The zero-order valence-corrected chi connectivity index (χ0v) is 36.3. The monoisotopic (exact) mass is 747 g/mol. The molecule has 0 aromatic carbocycles. The number of allylic oxidation sites excluding steroid dienone is 1. The topological polar surface area (TPSA) is 83.5 Å². The Morgan fingerprint density at radius 3 is 1.92 bits per heavy atom. The van der Waals surface area contributed by atoms with Gasteiger partial charge in [-0.1, -0.05) is 67.5 Å². The molecule has 7 nitrogen and oxygen atoms in total. The molecule has 5 rings (SSSR count). The Morgan fingerprint density at radius 2 is 1.33 bits per heavy atom. The van der Waals surface area contributed by atoms with E-state index in [2.05, 4.69) is 82.0 Å². The van der Waals surface area contributed by atoms with Gasteiger partial charge in [-0.05, 0) is 141 Å². The lowest BCUT2D eigenvalue weighted by atomic mass is 9.32. The molecule has 0 amide bonds. The summed E-state index contributed by atoms with van der Waals surface area (Å²) < 4.78 is 29.5. The number of aliphatic hydroxyl groups is 1. The number of aliphatic hydroxyl groups excluding tert-OH is 1. The van der Waals surface area contributed by atoms with Gasteiger partial charge in [0.1, 0.15) is 6.61 Å². The van der Waals surface area contributed by atoms with Gasteiger partial charge in [-0.3, -0.25) is 4.79 Å². The summed E-state index contributed by atoms with van der Waals surface area (Å²) in [5.74, 6) is 2.36. The lowest BCUT2D eigenvalue weighted by molar-refractivity contribution is -0.248. The van der Waals surface area contributed by atoms with E-state index in [1.807, 2.05) is 0 Å². The number of rotatable bonds is 15. The molecule has 8 heteroatoms. The second-order valence-corrected chi connectivity index (χ2v) is 25.6. The highest BCUT2D eigenvalue weighted by Gasteiger charge is 2.72. The van der Waals surface area contributed by atoms with Gasteiger partial charge in [-0.25, -0.2) is 0 Å². The highest BCUT2D eigenvalue weighted by Crippen LogP contribution is 2.77. The number of esters is 1. The van der Waals surface area contributed by atoms with Crippen molar-refractivity contribution in [3.8, 4) is 0 Å². The molecule has 1 N–H and O–H groups in total. The number of hydrogen-bond donors (Lipinski definition) is 1. The molecule has 0 aliphatic heterocycles. The quantitative estimate of drug-likeness (QED) is 0.0774. The fourth-order valence-corrected chi connectivity index (χ4v) is 14.0. The average Bonchev–Trinajstić information content (AvgIpc) is 3.46. The van der Waals surface area contributed by atoms with Crippen molar-refractivity contribution in [2.24, 2.45) is 56.7 Å². The van der Waals surface area contributed by atoms with Crippen molar-refractivity contribution >= 4 is 14.3 Å². The van der Waals surface area contributed by atoms with E-state index in [9.17, 15) is 9.90 Å². The molecule has 52 heavy (non-hydrogen) atoms. The number of hydrogen-bond acceptors (Lipinski definition) is 7. The summed E-state index contributed by atoms with van der Waals surface area (Å²) in [7, 11) is -1.73. The van der Waals surface area contributed by atoms with Crippen LogP contribution < -0.4 is 0 Å². The molecular formula is C44H78O7Si. The van der Waals surface area contributed by atoms with E-state index in [1.165, 1.54) is 31.3 Å². The highest BCUT2D eigenvalue weighted by molar-refractivity contribution is 6.74. The number of carbonyl (C=O) groups excluding carboxylic acids is 1. The van der Waals surface area contributed by atoms with Gasteiger partial charge in [-0.2, -0.15) is 0 Å². The fourth-order valence-electron chi connectivity index (χ4n) is 12.9. The third-order valence-electron chi connectivity index (χ3n) is 17.2. The predicted molar refractivity (Wildman–Crippen MR) is 212 cm³/mol. The Balaban J connectivity index is 1.11. The van der Waals surface area contributed by atoms with Gasteiger partial charge in [0.25, 0.3) is 0 Å². The van der Waals surface area contributed by atoms with E-state index in [4.69, 9.17) is 23.4 Å². The van der Waals surface area contributed by atoms with Crippen LogP contribution in [0.4, 0.5) is 0 Å². The average molecular weight is 747 g/mol. The minimum atomic E-state index is -1.73. The van der Waals surface area contributed by atoms with Gasteiger partial charge in [0.05, 0.1) is 57.8 Å². The summed E-state index contributed by atoms with van der Waals surface area (Å²) in [6.45, 7) is 34.3. The Bertz CT molecular complexity index is 1260. The molecular weight excluding hydrogens is 669 g/mol. The Morgan fingerprint density at radius 1 is 0.731 bits per heavy atom. The first-order chi connectivity index (χ1) is 24.2. The molecule has 5 saturated carbocycles. The van der Waals surface area contributed by atoms with Crippen molar-refractivity contribution in [3.05, 3.63) is 12.2 Å². The van der Waals surface area contributed by atoms with Gasteiger partial charge in [0, 0.05) is 0 Å². The third kappa shape index (κ3) is 7.42. The molecule has 5 aliphatic carbocycles. The largest absolute Gasteiger partial charge is 0.463 e. The van der Waals surface area contributed by atoms with E-state index in [1.54, 1.807) is 0 Å². The summed E-state index contributed by atoms with van der Waals surface area (Å²) in [6, 6.07) is 0. The highest BCUT2D eigenvalue weighted by atomic mass is 28.4. The maximum absolute atomic E-state index is 14.3. The van der Waals surface area contributed by atoms with Crippen LogP contribution in [0.2, 0.25) is 18.1 Å². The summed E-state index contributed by atoms with van der Waals surface area (Å²) in [4.78, 5) is 14.3. The normalized spacial score (nSPS) is 39.9. The van der Waals surface area contributed by atoms with Crippen LogP contribution in [0.15, 0.2) is 12.2 Å². The summed E-state index contributed by atoms with van der Waals surface area (Å²) >= 11 is 0. The molecule has 300 valence electrons. The van der Waals surface area contributed by atoms with E-state index in [-0.39, 0.29) is 45.4 Å². The van der Waals surface area contributed by atoms with E-state index >= 15 is 0 Å². The van der Waals surface area contributed by atoms with Crippen LogP contribution in [0, 0.1) is 56.7 Å². The van der Waals surface area contributed by atoms with Crippen LogP contribution in [0.3, 0.4) is 0 Å². The predicted octanol–water partition coefficient (Wildman–Crippen LogP) is 9.62. The number of fused-ring (bicyclic) bond motifs is 7. The van der Waals surface area contributed by atoms with Gasteiger partial charge in [-0.15, -0.1) is 0 Å². The van der Waals surface area contributed by atoms with Crippen LogP contribution in [-0.4, -0.2) is 78.4 Å². The Labute approximate surface area is 319 Å². The first-order valence-corrected chi connectivity index (χ1v) is 24.0. The molecule has 0 radical (unpaired) electrons. The van der Waals surface area contributed by atoms with Gasteiger partial charge < -0.3 is 28.5 Å². The van der Waals surface area contributed by atoms with E-state index in [0.717, 1.165) is 38.5 Å². The molecule has 0 aromatic heterocycles. The minimum absolute atomic E-state index is 0.00352. The zero-order chi connectivity index (χ0) is 38.4. The Hall–Kier alpha value is -0.773. The van der Waals surface area contributed by atoms with Gasteiger partial charge in [0.15, 0.2) is 8.32 Å². The molecule has 0 unspecified atom stereocenters. The second-order valence-electron chi connectivity index (χ2n) is 20.8. The van der Waals surface area contributed by atoms with Crippen molar-refractivity contribution in [3.63, 3.8) is 0 Å². The van der Waals surface area contributed by atoms with Crippen molar-refractivity contribution in [2.75, 3.05) is 52.9 Å². The minimum Gasteiger partial charge on any atom is -0.463 e. The maximum atomic E-state index is 14.3. The van der Waals surface area contributed by atoms with Gasteiger partial charge in [0.2, 0.25) is 0 Å². The molecule has 5 fully saturated rings. The smallest absolute Gasteiger partial charge is 0.312 e. The molecule has 5 aliphatic rings. The standard InChI is InChI=1S/C44H78O7Si/c1-31(2)32-15-20-44(38(46)50-29-27-48-25-23-47-24-26-49-28-30-51-52(11,12)39(3,4)5)22-21-42(9)33(37(32)44)13-14-35-41(8)18-17-36(45)40(6,7)34(41)16-19-43(35,42)10/h32-37,45H,1,13-30H2,2-12H3/t32-,33+,34-,35+,36-,37+,41-,42+,43+,44-/m0/s1. The zero-order valence-electron chi connectivity index (χ0n) is 35.3. The van der Waals surface area contributed by atoms with Crippen molar-refractivity contribution in [1.82, 2.24) is 0 Å². The first-order valence-electron chi connectivity index (χ1n) is 21.1. The second kappa shape index (κ2) is 15.6. The lowest BCUT2D eigenvalue weighted by Gasteiger charge is -2.72. The summed E-state index contributed by atoms with van der Waals surface area (Å²) in [5.41, 5.74) is 1.42. The third-order valence-corrected chi connectivity index (χ3v) is 21.7. The molecule has 0 bridgehead atoms. The molecule has 0 saturated heterocycles. The molecule has 10 atom stereocenters. The summed E-state index contributed by atoms with van der Waals surface area (Å²) in [6.07, 6.45) is 10.6. The fraction of sp³-hybridized carbons (Fsp3) is 0.932. The van der Waals surface area contributed by atoms with Gasteiger partial charge >= 0.3 is 5.97 Å². The summed E-state index contributed by atoms with van der Waals surface area (Å²) in [5, 5.41) is 11.3. The van der Waals surface area contributed by atoms with Crippen molar-refractivity contribution in [2.45, 2.75) is 151 Å². The van der Waals surface area contributed by atoms with E-state index in [0.29, 0.717) is 75.8 Å². The van der Waals surface area contributed by atoms with Crippen molar-refractivity contribution < 1.29 is 33.3 Å². The SMILES string of the molecule is C=C(C)[C@@H]1CC[C@]2(C(=O)OCCOCCOCCOCCO[Si](C)(C)C(C)(C)C)CC[C@]3(C)[C@H](CC[C@@H]4[C@@]5(C)CC[C@H](O)C(C)(C)[C@@H]5CC[C@]43C)[C@@H]12. The van der Waals surface area contributed by atoms with Crippen LogP contribution in [-0.2, 0) is 28.2 Å². The molecule has 0 spiro atoms. The van der Waals surface area contributed by atoms with Crippen LogP contribution >= 0.6 is 0 Å². The van der Waals surface area contributed by atoms with Crippen LogP contribution in [0.5, 0.6) is 0 Å². The number of carbonyl (C=O) groups is 1. The lowest BCUT2D eigenvalue weighted by Crippen LogP contribution is -2.67. The molecule has 0 aromatic rings. The van der Waals surface area contributed by atoms with Crippen LogP contribution in [0.25, 0.3) is 0 Å².